The van der Waals surface area contributed by atoms with Gasteiger partial charge in [-0.1, -0.05) is 6.07 Å². The number of rotatable bonds is 2. The van der Waals surface area contributed by atoms with Crippen molar-refractivity contribution in [2.24, 2.45) is 5.73 Å². The Bertz CT molecular complexity index is 344. The van der Waals surface area contributed by atoms with E-state index in [1.54, 1.807) is 6.07 Å². The van der Waals surface area contributed by atoms with Gasteiger partial charge in [-0.15, -0.1) is 0 Å². The maximum atomic E-state index is 12.8. The molecular formula is C9H8F2N2. The topological polar surface area (TPSA) is 49.8 Å². The molecule has 0 radical (unpaired) electrons. The number of alkyl halides is 1. The molecule has 0 aromatic heterocycles. The Kier molecular flexibility index (Phi) is 2.93. The Morgan fingerprint density at radius 1 is 1.54 bits per heavy atom. The zero-order chi connectivity index (χ0) is 9.84. The zero-order valence-corrected chi connectivity index (χ0v) is 6.80. The summed E-state index contributed by atoms with van der Waals surface area (Å²) in [5, 5.41) is 8.47. The largest absolute Gasteiger partial charge is 0.322 e. The molecule has 1 aromatic carbocycles. The molecule has 1 unspecified atom stereocenters. The van der Waals surface area contributed by atoms with Crippen LogP contribution in [0.15, 0.2) is 18.2 Å². The van der Waals surface area contributed by atoms with Crippen LogP contribution < -0.4 is 5.73 Å². The summed E-state index contributed by atoms with van der Waals surface area (Å²) < 4.78 is 24.9. The summed E-state index contributed by atoms with van der Waals surface area (Å²) in [6.45, 7) is -0.726. The van der Waals surface area contributed by atoms with Gasteiger partial charge in [0.1, 0.15) is 18.6 Å². The molecule has 1 atom stereocenters. The van der Waals surface area contributed by atoms with Crippen molar-refractivity contribution in [1.82, 2.24) is 0 Å². The van der Waals surface area contributed by atoms with E-state index in [4.69, 9.17) is 11.0 Å². The van der Waals surface area contributed by atoms with Gasteiger partial charge in [-0.3, -0.25) is 0 Å². The van der Waals surface area contributed by atoms with Crippen LogP contribution in [0.25, 0.3) is 0 Å². The summed E-state index contributed by atoms with van der Waals surface area (Å²) in [5.41, 5.74) is 5.68. The van der Waals surface area contributed by atoms with Gasteiger partial charge in [0.15, 0.2) is 0 Å². The molecule has 1 rings (SSSR count). The van der Waals surface area contributed by atoms with Crippen LogP contribution in [0.4, 0.5) is 8.78 Å². The average molecular weight is 182 g/mol. The highest BCUT2D eigenvalue weighted by Gasteiger charge is 2.08. The van der Waals surface area contributed by atoms with Crippen molar-refractivity contribution in [3.8, 4) is 6.07 Å². The first-order chi connectivity index (χ1) is 6.19. The van der Waals surface area contributed by atoms with Crippen LogP contribution in [0.1, 0.15) is 17.2 Å². The fraction of sp³-hybridized carbons (Fsp3) is 0.222. The van der Waals surface area contributed by atoms with Gasteiger partial charge in [0, 0.05) is 0 Å². The van der Waals surface area contributed by atoms with Crippen LogP contribution in [0.5, 0.6) is 0 Å². The Hall–Kier alpha value is -1.47. The fourth-order valence-electron chi connectivity index (χ4n) is 0.948. The second kappa shape index (κ2) is 3.97. The summed E-state index contributed by atoms with van der Waals surface area (Å²) in [6, 6.07) is 4.63. The first-order valence-electron chi connectivity index (χ1n) is 3.70. The predicted octanol–water partition coefficient (Wildman–Crippen LogP) is 1.67. The van der Waals surface area contributed by atoms with Gasteiger partial charge in [-0.2, -0.15) is 5.26 Å². The predicted molar refractivity (Wildman–Crippen MR) is 44.0 cm³/mol. The summed E-state index contributed by atoms with van der Waals surface area (Å²) >= 11 is 0. The molecule has 2 N–H and O–H groups in total. The minimum Gasteiger partial charge on any atom is -0.322 e. The van der Waals surface area contributed by atoms with Crippen molar-refractivity contribution in [2.45, 2.75) is 6.04 Å². The second-order valence-corrected chi connectivity index (χ2v) is 2.61. The Balaban J connectivity index is 3.08. The molecular weight excluding hydrogens is 174 g/mol. The Labute approximate surface area is 74.6 Å². The lowest BCUT2D eigenvalue weighted by Crippen LogP contribution is -2.12. The third-order valence-electron chi connectivity index (χ3n) is 1.71. The number of halogens is 2. The molecule has 0 aliphatic heterocycles. The maximum Gasteiger partial charge on any atom is 0.140 e. The summed E-state index contributed by atoms with van der Waals surface area (Å²) in [6.07, 6.45) is 0. The van der Waals surface area contributed by atoms with Crippen molar-refractivity contribution >= 4 is 0 Å². The number of benzene rings is 1. The molecule has 4 heteroatoms. The fourth-order valence-corrected chi connectivity index (χ4v) is 0.948. The first-order valence-corrected chi connectivity index (χ1v) is 3.70. The Morgan fingerprint density at radius 3 is 2.77 bits per heavy atom. The van der Waals surface area contributed by atoms with Crippen LogP contribution in [0.2, 0.25) is 0 Å². The highest BCUT2D eigenvalue weighted by Crippen LogP contribution is 2.15. The van der Waals surface area contributed by atoms with Gasteiger partial charge >= 0.3 is 0 Å². The molecule has 0 amide bonds. The van der Waals surface area contributed by atoms with Crippen LogP contribution in [-0.4, -0.2) is 6.67 Å². The SMILES string of the molecule is N#Cc1cc(C(N)CF)ccc1F. The molecule has 0 saturated carbocycles. The highest BCUT2D eigenvalue weighted by molar-refractivity contribution is 5.35. The molecule has 0 fully saturated rings. The van der Waals surface area contributed by atoms with Crippen LogP contribution in [0.3, 0.4) is 0 Å². The van der Waals surface area contributed by atoms with Crippen LogP contribution in [-0.2, 0) is 0 Å². The minimum absolute atomic E-state index is 0.110. The van der Waals surface area contributed by atoms with Crippen LogP contribution >= 0.6 is 0 Å². The molecule has 0 heterocycles. The lowest BCUT2D eigenvalue weighted by atomic mass is 10.1. The van der Waals surface area contributed by atoms with E-state index < -0.39 is 18.5 Å². The van der Waals surface area contributed by atoms with E-state index in [2.05, 4.69) is 0 Å². The lowest BCUT2D eigenvalue weighted by Gasteiger charge is -2.07. The van der Waals surface area contributed by atoms with Gasteiger partial charge < -0.3 is 5.73 Å². The van der Waals surface area contributed by atoms with Crippen LogP contribution in [0, 0.1) is 17.1 Å². The highest BCUT2D eigenvalue weighted by atomic mass is 19.1. The van der Waals surface area contributed by atoms with E-state index in [1.807, 2.05) is 0 Å². The number of nitrogens with two attached hydrogens (primary N) is 1. The molecule has 68 valence electrons. The molecule has 0 bridgehead atoms. The first kappa shape index (κ1) is 9.62. The summed E-state index contributed by atoms with van der Waals surface area (Å²) in [5.74, 6) is -0.614. The van der Waals surface area contributed by atoms with Gasteiger partial charge in [0.2, 0.25) is 0 Å². The number of hydrogen-bond donors (Lipinski definition) is 1. The molecule has 0 saturated heterocycles. The lowest BCUT2D eigenvalue weighted by molar-refractivity contribution is 0.437. The van der Waals surface area contributed by atoms with Crippen molar-refractivity contribution in [1.29, 1.82) is 5.26 Å². The van der Waals surface area contributed by atoms with Gasteiger partial charge in [0.25, 0.3) is 0 Å². The number of nitrogens with zero attached hydrogens (tertiary/aromatic N) is 1. The van der Waals surface area contributed by atoms with Crippen molar-refractivity contribution in [3.05, 3.63) is 35.1 Å². The third-order valence-corrected chi connectivity index (χ3v) is 1.71. The van der Waals surface area contributed by atoms with E-state index >= 15 is 0 Å². The van der Waals surface area contributed by atoms with E-state index in [1.165, 1.54) is 12.1 Å². The minimum atomic E-state index is -0.785. The average Bonchev–Trinajstić information content (AvgIpc) is 2.17. The van der Waals surface area contributed by atoms with Gasteiger partial charge in [0.05, 0.1) is 11.6 Å². The van der Waals surface area contributed by atoms with Gasteiger partial charge in [-0.25, -0.2) is 8.78 Å². The van der Waals surface area contributed by atoms with E-state index in [0.717, 1.165) is 6.07 Å². The summed E-state index contributed by atoms with van der Waals surface area (Å²) in [4.78, 5) is 0. The third kappa shape index (κ3) is 2.01. The zero-order valence-electron chi connectivity index (χ0n) is 6.80. The van der Waals surface area contributed by atoms with E-state index in [-0.39, 0.29) is 5.56 Å². The monoisotopic (exact) mass is 182 g/mol. The molecule has 0 aliphatic rings. The normalized spacial score (nSPS) is 12.2. The molecule has 13 heavy (non-hydrogen) atoms. The maximum absolute atomic E-state index is 12.8. The van der Waals surface area contributed by atoms with Crippen molar-refractivity contribution in [3.63, 3.8) is 0 Å². The van der Waals surface area contributed by atoms with Crippen molar-refractivity contribution < 1.29 is 8.78 Å². The Morgan fingerprint density at radius 2 is 2.23 bits per heavy atom. The quantitative estimate of drug-likeness (QED) is 0.756. The smallest absolute Gasteiger partial charge is 0.140 e. The number of hydrogen-bond acceptors (Lipinski definition) is 2. The number of nitriles is 1. The van der Waals surface area contributed by atoms with Gasteiger partial charge in [-0.05, 0) is 17.7 Å². The molecule has 0 spiro atoms. The second-order valence-electron chi connectivity index (χ2n) is 2.61. The molecule has 1 aromatic rings. The van der Waals surface area contributed by atoms with E-state index in [9.17, 15) is 8.78 Å². The van der Waals surface area contributed by atoms with Crippen molar-refractivity contribution in [2.75, 3.05) is 6.67 Å². The molecule has 2 nitrogen and oxygen atoms in total. The summed E-state index contributed by atoms with van der Waals surface area (Å²) in [7, 11) is 0. The standard InChI is InChI=1S/C9H8F2N2/c10-4-9(13)6-1-2-8(11)7(3-6)5-12/h1-3,9H,4,13H2. The molecule has 0 aliphatic carbocycles. The van der Waals surface area contributed by atoms with E-state index in [0.29, 0.717) is 5.56 Å².